The molecule has 4 rings (SSSR count). The zero-order chi connectivity index (χ0) is 33.3. The smallest absolute Gasteiger partial charge is 0.416 e. The minimum atomic E-state index is -4.59. The molecular formula is C33H35F3N2O7S. The van der Waals surface area contributed by atoms with Crippen LogP contribution in [0.1, 0.15) is 61.3 Å². The zero-order valence-electron chi connectivity index (χ0n) is 24.8. The van der Waals surface area contributed by atoms with Crippen LogP contribution in [0.4, 0.5) is 13.2 Å². The molecule has 0 aromatic heterocycles. The normalized spacial score (nSPS) is 18.2. The molecule has 1 aliphatic rings. The summed E-state index contributed by atoms with van der Waals surface area (Å²) in [6.07, 6.45) is -4.59. The fourth-order valence-corrected chi connectivity index (χ4v) is 6.72. The van der Waals surface area contributed by atoms with Crippen molar-refractivity contribution in [1.82, 2.24) is 10.0 Å². The first-order chi connectivity index (χ1) is 21.8. The van der Waals surface area contributed by atoms with Gasteiger partial charge in [0, 0.05) is 18.4 Å². The second-order valence-electron chi connectivity index (χ2n) is 11.2. The van der Waals surface area contributed by atoms with Crippen molar-refractivity contribution in [1.29, 1.82) is 0 Å². The number of nitrogens with one attached hydrogen (secondary N) is 2. The third-order valence-electron chi connectivity index (χ3n) is 7.85. The van der Waals surface area contributed by atoms with Crippen molar-refractivity contribution in [2.45, 2.75) is 74.2 Å². The highest BCUT2D eigenvalue weighted by molar-refractivity contribution is 7.89. The summed E-state index contributed by atoms with van der Waals surface area (Å²) in [4.78, 5) is 37.0. The molecule has 1 fully saturated rings. The first-order valence-electron chi connectivity index (χ1n) is 14.8. The number of amides is 1. The molecule has 9 nitrogen and oxygen atoms in total. The predicted octanol–water partition coefficient (Wildman–Crippen LogP) is 5.42. The van der Waals surface area contributed by atoms with Crippen LogP contribution >= 0.6 is 0 Å². The summed E-state index contributed by atoms with van der Waals surface area (Å²) in [7, 11) is -4.08. The maximum atomic E-state index is 13.6. The number of ether oxygens (including phenoxy) is 1. The summed E-state index contributed by atoms with van der Waals surface area (Å²) in [6, 6.07) is 20.2. The topological polar surface area (TPSA) is 139 Å². The Morgan fingerprint density at radius 2 is 1.43 bits per heavy atom. The molecule has 0 radical (unpaired) electrons. The Kier molecular flexibility index (Phi) is 11.6. The van der Waals surface area contributed by atoms with E-state index in [4.69, 9.17) is 9.84 Å². The fraction of sp³-hybridized carbons (Fsp3) is 0.364. The van der Waals surface area contributed by atoms with Gasteiger partial charge >= 0.3 is 18.1 Å². The molecule has 1 amide bonds. The van der Waals surface area contributed by atoms with Crippen molar-refractivity contribution in [3.63, 3.8) is 0 Å². The summed E-state index contributed by atoms with van der Waals surface area (Å²) in [6.45, 7) is 0. The lowest BCUT2D eigenvalue weighted by atomic mass is 9.85. The number of sulfonamides is 1. The second kappa shape index (κ2) is 15.4. The highest BCUT2D eigenvalue weighted by Crippen LogP contribution is 2.31. The molecule has 46 heavy (non-hydrogen) atoms. The molecule has 0 saturated heterocycles. The van der Waals surface area contributed by atoms with E-state index in [1.54, 1.807) is 30.3 Å². The molecular weight excluding hydrogens is 625 g/mol. The summed E-state index contributed by atoms with van der Waals surface area (Å²) in [5.74, 6) is -2.63. The van der Waals surface area contributed by atoms with Crippen LogP contribution in [-0.2, 0) is 41.7 Å². The number of halogens is 3. The van der Waals surface area contributed by atoms with Crippen molar-refractivity contribution in [2.75, 3.05) is 0 Å². The van der Waals surface area contributed by atoms with Crippen LogP contribution in [0.2, 0.25) is 0 Å². The van der Waals surface area contributed by atoms with Crippen molar-refractivity contribution in [3.05, 3.63) is 102 Å². The van der Waals surface area contributed by atoms with E-state index >= 15 is 0 Å². The lowest BCUT2D eigenvalue weighted by Gasteiger charge is -2.32. The van der Waals surface area contributed by atoms with Gasteiger partial charge in [-0.05, 0) is 61.1 Å². The van der Waals surface area contributed by atoms with Crippen LogP contribution in [0.25, 0.3) is 0 Å². The SMILES string of the molecule is O=C(O)CCC(=O)OC(Cc1ccccc1)[C@@H](NC(=O)C1CCC(NS(=O)(=O)c2ccc(C(F)(F)F)cc2)CC1)c1ccccc1. The highest BCUT2D eigenvalue weighted by atomic mass is 32.2. The van der Waals surface area contributed by atoms with Crippen LogP contribution in [-0.4, -0.2) is 43.5 Å². The second-order valence-corrected chi connectivity index (χ2v) is 12.9. The van der Waals surface area contributed by atoms with Gasteiger partial charge in [0.2, 0.25) is 15.9 Å². The number of hydrogen-bond acceptors (Lipinski definition) is 6. The number of rotatable bonds is 13. The lowest BCUT2D eigenvalue weighted by Crippen LogP contribution is -2.44. The van der Waals surface area contributed by atoms with Gasteiger partial charge in [0.15, 0.2) is 0 Å². The van der Waals surface area contributed by atoms with Crippen LogP contribution < -0.4 is 10.0 Å². The van der Waals surface area contributed by atoms with Crippen LogP contribution in [0.3, 0.4) is 0 Å². The van der Waals surface area contributed by atoms with E-state index in [0.717, 1.165) is 17.7 Å². The number of carbonyl (C=O) groups is 3. The molecule has 1 aliphatic carbocycles. The summed E-state index contributed by atoms with van der Waals surface area (Å²) in [5, 5.41) is 12.1. The monoisotopic (exact) mass is 660 g/mol. The maximum absolute atomic E-state index is 13.6. The molecule has 13 heteroatoms. The van der Waals surface area contributed by atoms with E-state index in [2.05, 4.69) is 10.0 Å². The molecule has 0 heterocycles. The van der Waals surface area contributed by atoms with Crippen molar-refractivity contribution >= 4 is 27.9 Å². The van der Waals surface area contributed by atoms with Crippen LogP contribution in [0, 0.1) is 5.92 Å². The van der Waals surface area contributed by atoms with Gasteiger partial charge in [-0.2, -0.15) is 13.2 Å². The summed E-state index contributed by atoms with van der Waals surface area (Å²) in [5.41, 5.74) is 0.572. The van der Waals surface area contributed by atoms with Gasteiger partial charge in [0.1, 0.15) is 6.10 Å². The van der Waals surface area contributed by atoms with Gasteiger partial charge < -0.3 is 15.2 Å². The van der Waals surface area contributed by atoms with Crippen molar-refractivity contribution in [3.8, 4) is 0 Å². The minimum absolute atomic E-state index is 0.248. The van der Waals surface area contributed by atoms with Crippen molar-refractivity contribution < 1.29 is 45.8 Å². The molecule has 3 N–H and O–H groups in total. The number of benzene rings is 3. The van der Waals surface area contributed by atoms with E-state index in [9.17, 15) is 36.0 Å². The first kappa shape index (κ1) is 34.6. The molecule has 0 spiro atoms. The maximum Gasteiger partial charge on any atom is 0.416 e. The number of carboxylic acid groups (broad SMARTS) is 1. The third kappa shape index (κ3) is 9.88. The molecule has 2 atom stereocenters. The average Bonchev–Trinajstić information content (AvgIpc) is 3.03. The standard InChI is InChI=1S/C33H35F3N2O7S/c34-33(35,36)25-13-17-27(18-14-25)46(43,44)38-26-15-11-24(12-16-26)32(42)37-31(23-9-5-2-6-10-23)28(21-22-7-3-1-4-8-22)45-30(41)20-19-29(39)40/h1-10,13-14,17-18,24,26,28,31,38H,11-12,15-16,19-21H2,(H,37,42)(H,39,40)/t24?,26?,28?,31-/m0/s1. The van der Waals surface area contributed by atoms with E-state index < -0.39 is 64.2 Å². The quantitative estimate of drug-likeness (QED) is 0.208. The largest absolute Gasteiger partial charge is 0.481 e. The number of carboxylic acids is 1. The summed E-state index contributed by atoms with van der Waals surface area (Å²) >= 11 is 0. The van der Waals surface area contributed by atoms with E-state index in [-0.39, 0.29) is 23.6 Å². The van der Waals surface area contributed by atoms with Gasteiger partial charge in [-0.1, -0.05) is 60.7 Å². The van der Waals surface area contributed by atoms with Gasteiger partial charge in [-0.3, -0.25) is 14.4 Å². The molecule has 246 valence electrons. The van der Waals surface area contributed by atoms with Crippen molar-refractivity contribution in [2.24, 2.45) is 5.92 Å². The van der Waals surface area contributed by atoms with E-state index in [1.807, 2.05) is 30.3 Å². The number of carbonyl (C=O) groups excluding carboxylic acids is 2. The van der Waals surface area contributed by atoms with Crippen LogP contribution in [0.5, 0.6) is 0 Å². The Balaban J connectivity index is 1.44. The molecule has 1 saturated carbocycles. The Morgan fingerprint density at radius 3 is 2.00 bits per heavy atom. The molecule has 3 aromatic carbocycles. The third-order valence-corrected chi connectivity index (χ3v) is 9.38. The Labute approximate surface area is 265 Å². The highest BCUT2D eigenvalue weighted by Gasteiger charge is 2.34. The lowest BCUT2D eigenvalue weighted by molar-refractivity contribution is -0.154. The number of esters is 1. The van der Waals surface area contributed by atoms with Gasteiger partial charge in [0.05, 0.1) is 29.3 Å². The Morgan fingerprint density at radius 1 is 0.848 bits per heavy atom. The van der Waals surface area contributed by atoms with Gasteiger partial charge in [-0.25, -0.2) is 13.1 Å². The number of hydrogen-bond donors (Lipinski definition) is 3. The predicted molar refractivity (Wildman–Crippen MR) is 162 cm³/mol. The molecule has 1 unspecified atom stereocenters. The number of alkyl halides is 3. The summed E-state index contributed by atoms with van der Waals surface area (Å²) < 4.78 is 72.6. The Hall–Kier alpha value is -4.23. The molecule has 0 aliphatic heterocycles. The van der Waals surface area contributed by atoms with E-state index in [0.29, 0.717) is 43.4 Å². The van der Waals surface area contributed by atoms with Gasteiger partial charge in [-0.15, -0.1) is 0 Å². The average molecular weight is 661 g/mol. The molecule has 3 aromatic rings. The Bertz CT molecular complexity index is 1580. The van der Waals surface area contributed by atoms with E-state index in [1.165, 1.54) is 0 Å². The number of aliphatic carboxylic acids is 1. The zero-order valence-corrected chi connectivity index (χ0v) is 25.6. The minimum Gasteiger partial charge on any atom is -0.481 e. The fourth-order valence-electron chi connectivity index (χ4n) is 5.42. The van der Waals surface area contributed by atoms with Crippen LogP contribution in [0.15, 0.2) is 89.8 Å². The van der Waals surface area contributed by atoms with Gasteiger partial charge in [0.25, 0.3) is 0 Å². The first-order valence-corrected chi connectivity index (χ1v) is 16.3. The molecule has 0 bridgehead atoms.